The Kier molecular flexibility index (Phi) is 9.67. The first-order valence-corrected chi connectivity index (χ1v) is 12.9. The summed E-state index contributed by atoms with van der Waals surface area (Å²) in [7, 11) is 3.97. The number of aromatic nitrogens is 1. The number of fused-ring (bicyclic) bond motifs is 1. The molecule has 2 aromatic carbocycles. The third-order valence-corrected chi connectivity index (χ3v) is 6.45. The zero-order valence-corrected chi connectivity index (χ0v) is 21.9. The summed E-state index contributed by atoms with van der Waals surface area (Å²) in [6.07, 6.45) is 0.654. The highest BCUT2D eigenvalue weighted by atomic mass is 16.5. The average Bonchev–Trinajstić information content (AvgIpc) is 3.06. The Balaban J connectivity index is 1.40. The molecule has 2 atom stereocenters. The van der Waals surface area contributed by atoms with E-state index in [0.29, 0.717) is 44.9 Å². The van der Waals surface area contributed by atoms with Gasteiger partial charge in [-0.25, -0.2) is 4.79 Å². The van der Waals surface area contributed by atoms with E-state index in [0.717, 1.165) is 41.7 Å². The molecule has 1 amide bonds. The minimum absolute atomic E-state index is 0.273. The summed E-state index contributed by atoms with van der Waals surface area (Å²) >= 11 is 0. The molecule has 38 heavy (non-hydrogen) atoms. The molecule has 1 fully saturated rings. The molecule has 0 spiro atoms. The number of nitrogens with zero attached hydrogens (tertiary/aromatic N) is 3. The van der Waals surface area contributed by atoms with Crippen LogP contribution in [0.1, 0.15) is 12.0 Å². The molecule has 0 saturated carbocycles. The van der Waals surface area contributed by atoms with E-state index in [1.165, 1.54) is 0 Å². The van der Waals surface area contributed by atoms with Crippen LogP contribution in [0.15, 0.2) is 51.7 Å². The van der Waals surface area contributed by atoms with Crippen LogP contribution in [0.2, 0.25) is 0 Å². The predicted molar refractivity (Wildman–Crippen MR) is 144 cm³/mol. The van der Waals surface area contributed by atoms with Crippen LogP contribution in [-0.2, 0) is 27.2 Å². The SMILES string of the molecule is CN(C)CCOCCn1c(=O)oc2ccc(-c3ccc(C[C@@H](C#N)NC(=O)[C@@H]4CNCCCO4)cc3)cc21. The van der Waals surface area contributed by atoms with Crippen molar-refractivity contribution >= 4 is 17.0 Å². The molecular formula is C28H35N5O5. The van der Waals surface area contributed by atoms with Crippen LogP contribution in [0.4, 0.5) is 0 Å². The molecule has 2 heterocycles. The van der Waals surface area contributed by atoms with Crippen LogP contribution < -0.4 is 16.4 Å². The molecule has 0 unspecified atom stereocenters. The number of rotatable bonds is 11. The van der Waals surface area contributed by atoms with Crippen LogP contribution in [0.5, 0.6) is 0 Å². The molecule has 10 heteroatoms. The molecule has 1 aliphatic heterocycles. The zero-order valence-electron chi connectivity index (χ0n) is 21.9. The van der Waals surface area contributed by atoms with E-state index in [2.05, 4.69) is 16.7 Å². The van der Waals surface area contributed by atoms with E-state index in [4.69, 9.17) is 13.9 Å². The van der Waals surface area contributed by atoms with Crippen LogP contribution in [0, 0.1) is 11.3 Å². The first-order chi connectivity index (χ1) is 18.4. The average molecular weight is 522 g/mol. The normalized spacial score (nSPS) is 16.7. The second-order valence-corrected chi connectivity index (χ2v) is 9.63. The fourth-order valence-corrected chi connectivity index (χ4v) is 4.30. The van der Waals surface area contributed by atoms with Gasteiger partial charge in [0.2, 0.25) is 0 Å². The van der Waals surface area contributed by atoms with Gasteiger partial charge in [0.25, 0.3) is 5.91 Å². The Bertz CT molecular complexity index is 1300. The molecular weight excluding hydrogens is 486 g/mol. The maximum absolute atomic E-state index is 12.5. The number of oxazole rings is 1. The fraction of sp³-hybridized carbons (Fsp3) is 0.464. The number of carbonyl (C=O) groups excluding carboxylic acids is 1. The van der Waals surface area contributed by atoms with Gasteiger partial charge < -0.3 is 29.4 Å². The van der Waals surface area contributed by atoms with E-state index in [-0.39, 0.29) is 5.91 Å². The van der Waals surface area contributed by atoms with Gasteiger partial charge in [-0.05, 0) is 55.9 Å². The van der Waals surface area contributed by atoms with Gasteiger partial charge >= 0.3 is 5.76 Å². The molecule has 1 saturated heterocycles. The maximum Gasteiger partial charge on any atom is 0.420 e. The molecule has 10 nitrogen and oxygen atoms in total. The van der Waals surface area contributed by atoms with Crippen molar-refractivity contribution in [3.8, 4) is 17.2 Å². The molecule has 3 aromatic rings. The third-order valence-electron chi connectivity index (χ3n) is 6.45. The van der Waals surface area contributed by atoms with Gasteiger partial charge in [0.1, 0.15) is 12.1 Å². The molecule has 2 N–H and O–H groups in total. The van der Waals surface area contributed by atoms with Crippen molar-refractivity contribution in [2.24, 2.45) is 0 Å². The standard InChI is InChI=1S/C28H35N5O5/c1-32(2)11-14-36-15-12-33-24-17-22(8-9-25(24)38-28(33)35)21-6-4-20(5-7-21)16-23(18-29)31-27(34)26-19-30-10-3-13-37-26/h4-9,17,23,26,30H,3,10-16,19H2,1-2H3,(H,31,34)/t23-,26-/m0/s1. The summed E-state index contributed by atoms with van der Waals surface area (Å²) in [4.78, 5) is 27.0. The first kappa shape index (κ1) is 27.5. The molecule has 1 aromatic heterocycles. The minimum atomic E-state index is -0.656. The Hall–Kier alpha value is -3.49. The highest BCUT2D eigenvalue weighted by Crippen LogP contribution is 2.25. The lowest BCUT2D eigenvalue weighted by Gasteiger charge is -2.18. The van der Waals surface area contributed by atoms with Gasteiger partial charge in [-0.3, -0.25) is 9.36 Å². The highest BCUT2D eigenvalue weighted by molar-refractivity contribution is 5.82. The second kappa shape index (κ2) is 13.3. The quantitative estimate of drug-likeness (QED) is 0.366. The Morgan fingerprint density at radius 1 is 1.24 bits per heavy atom. The molecule has 4 rings (SSSR count). The number of benzene rings is 2. The zero-order chi connectivity index (χ0) is 26.9. The van der Waals surface area contributed by atoms with Crippen molar-refractivity contribution in [1.82, 2.24) is 20.1 Å². The van der Waals surface area contributed by atoms with Crippen LogP contribution in [0.3, 0.4) is 0 Å². The number of hydrogen-bond donors (Lipinski definition) is 2. The second-order valence-electron chi connectivity index (χ2n) is 9.63. The largest absolute Gasteiger partial charge is 0.420 e. The molecule has 1 aliphatic rings. The number of hydrogen-bond acceptors (Lipinski definition) is 8. The third kappa shape index (κ3) is 7.30. The number of amides is 1. The number of nitrogens with one attached hydrogen (secondary N) is 2. The maximum atomic E-state index is 12.5. The topological polar surface area (TPSA) is 122 Å². The predicted octanol–water partition coefficient (Wildman–Crippen LogP) is 1.77. The lowest BCUT2D eigenvalue weighted by molar-refractivity contribution is -0.132. The van der Waals surface area contributed by atoms with Crippen LogP contribution in [0.25, 0.3) is 22.2 Å². The monoisotopic (exact) mass is 521 g/mol. The molecule has 0 radical (unpaired) electrons. The van der Waals surface area contributed by atoms with Crippen molar-refractivity contribution in [2.45, 2.75) is 31.5 Å². The van der Waals surface area contributed by atoms with E-state index in [9.17, 15) is 14.9 Å². The smallest absolute Gasteiger partial charge is 0.408 e. The Morgan fingerprint density at radius 3 is 2.79 bits per heavy atom. The number of nitriles is 1. The molecule has 0 bridgehead atoms. The van der Waals surface area contributed by atoms with Gasteiger partial charge in [0.15, 0.2) is 5.58 Å². The van der Waals surface area contributed by atoms with E-state index in [1.54, 1.807) is 10.6 Å². The lowest BCUT2D eigenvalue weighted by atomic mass is 10.0. The van der Waals surface area contributed by atoms with Crippen molar-refractivity contribution in [1.29, 1.82) is 5.26 Å². The van der Waals surface area contributed by atoms with E-state index < -0.39 is 17.9 Å². The molecule has 202 valence electrons. The fourth-order valence-electron chi connectivity index (χ4n) is 4.30. The Morgan fingerprint density at radius 2 is 2.03 bits per heavy atom. The summed E-state index contributed by atoms with van der Waals surface area (Å²) in [5.41, 5.74) is 4.08. The van der Waals surface area contributed by atoms with Gasteiger partial charge in [-0.2, -0.15) is 5.26 Å². The van der Waals surface area contributed by atoms with Crippen molar-refractivity contribution in [2.75, 3.05) is 53.6 Å². The van der Waals surface area contributed by atoms with Gasteiger partial charge in [0.05, 0.1) is 31.3 Å². The number of carbonyl (C=O) groups is 1. The van der Waals surface area contributed by atoms with Crippen molar-refractivity contribution < 1.29 is 18.7 Å². The van der Waals surface area contributed by atoms with Crippen molar-refractivity contribution in [3.63, 3.8) is 0 Å². The van der Waals surface area contributed by atoms with Crippen LogP contribution >= 0.6 is 0 Å². The van der Waals surface area contributed by atoms with E-state index >= 15 is 0 Å². The van der Waals surface area contributed by atoms with Gasteiger partial charge in [-0.1, -0.05) is 30.3 Å². The first-order valence-electron chi connectivity index (χ1n) is 12.9. The van der Waals surface area contributed by atoms with Crippen molar-refractivity contribution in [3.05, 3.63) is 58.6 Å². The number of ether oxygens (including phenoxy) is 2. The summed E-state index contributed by atoms with van der Waals surface area (Å²) < 4.78 is 18.2. The summed E-state index contributed by atoms with van der Waals surface area (Å²) in [6.45, 7) is 4.01. The van der Waals surface area contributed by atoms with Crippen LogP contribution in [-0.4, -0.2) is 81.1 Å². The van der Waals surface area contributed by atoms with Gasteiger partial charge in [0, 0.05) is 26.1 Å². The molecule has 0 aliphatic carbocycles. The summed E-state index contributed by atoms with van der Waals surface area (Å²) in [6, 6.07) is 15.0. The summed E-state index contributed by atoms with van der Waals surface area (Å²) in [5.74, 6) is -0.677. The number of likely N-dealkylation sites (N-methyl/N-ethyl adjacent to an activating group) is 1. The lowest BCUT2D eigenvalue weighted by Crippen LogP contribution is -2.46. The highest BCUT2D eigenvalue weighted by Gasteiger charge is 2.23. The Labute approximate surface area is 222 Å². The van der Waals surface area contributed by atoms with Gasteiger partial charge in [-0.15, -0.1) is 0 Å². The summed E-state index contributed by atoms with van der Waals surface area (Å²) in [5, 5.41) is 15.6. The van der Waals surface area contributed by atoms with E-state index in [1.807, 2.05) is 55.4 Å². The minimum Gasteiger partial charge on any atom is -0.408 e.